The number of amides is 1. The SMILES string of the molecule is Cc1ccc2c(C)c(C(=O)N(Cc3ccc(N(C)C)cc3)C[C@H]3CCCO3)oc2c1. The van der Waals surface area contributed by atoms with E-state index in [-0.39, 0.29) is 12.0 Å². The summed E-state index contributed by atoms with van der Waals surface area (Å²) in [4.78, 5) is 17.5. The van der Waals surface area contributed by atoms with Gasteiger partial charge in [-0.1, -0.05) is 24.3 Å². The van der Waals surface area contributed by atoms with Crippen LogP contribution in [0.5, 0.6) is 0 Å². The Morgan fingerprint density at radius 3 is 2.53 bits per heavy atom. The molecule has 4 rings (SSSR count). The lowest BCUT2D eigenvalue weighted by Gasteiger charge is -2.25. The Labute approximate surface area is 178 Å². The smallest absolute Gasteiger partial charge is 0.290 e. The van der Waals surface area contributed by atoms with Crippen LogP contribution in [0.1, 0.15) is 40.1 Å². The first-order valence-corrected chi connectivity index (χ1v) is 10.6. The van der Waals surface area contributed by atoms with Crippen molar-refractivity contribution < 1.29 is 13.9 Å². The van der Waals surface area contributed by atoms with Gasteiger partial charge in [0.05, 0.1) is 6.10 Å². The average molecular weight is 407 g/mol. The maximum atomic E-state index is 13.6. The Bertz CT molecular complexity index is 1030. The zero-order valence-corrected chi connectivity index (χ0v) is 18.3. The molecule has 1 atom stereocenters. The van der Waals surface area contributed by atoms with Gasteiger partial charge in [0.1, 0.15) is 5.58 Å². The van der Waals surface area contributed by atoms with Gasteiger partial charge in [-0.2, -0.15) is 0 Å². The molecule has 1 amide bonds. The third kappa shape index (κ3) is 4.21. The Hall–Kier alpha value is -2.79. The highest BCUT2D eigenvalue weighted by molar-refractivity contribution is 5.99. The molecule has 5 nitrogen and oxygen atoms in total. The van der Waals surface area contributed by atoms with Crippen LogP contribution >= 0.6 is 0 Å². The first-order chi connectivity index (χ1) is 14.4. The molecule has 0 N–H and O–H groups in total. The molecular formula is C25H30N2O3. The molecule has 0 radical (unpaired) electrons. The second kappa shape index (κ2) is 8.52. The number of nitrogens with zero attached hydrogens (tertiary/aromatic N) is 2. The first kappa shape index (κ1) is 20.5. The summed E-state index contributed by atoms with van der Waals surface area (Å²) in [6, 6.07) is 14.4. The monoisotopic (exact) mass is 406 g/mol. The normalized spacial score (nSPS) is 16.2. The number of carbonyl (C=O) groups excluding carboxylic acids is 1. The number of hydrogen-bond acceptors (Lipinski definition) is 4. The minimum atomic E-state index is -0.0754. The molecule has 0 bridgehead atoms. The van der Waals surface area contributed by atoms with Crippen molar-refractivity contribution in [2.45, 2.75) is 39.3 Å². The second-order valence-corrected chi connectivity index (χ2v) is 8.44. The summed E-state index contributed by atoms with van der Waals surface area (Å²) in [6.07, 6.45) is 2.12. The van der Waals surface area contributed by atoms with Crippen molar-refractivity contribution in [3.63, 3.8) is 0 Å². The number of rotatable bonds is 6. The summed E-state index contributed by atoms with van der Waals surface area (Å²) in [6.45, 7) is 5.86. The van der Waals surface area contributed by atoms with Gasteiger partial charge < -0.3 is 19.0 Å². The molecule has 1 aliphatic rings. The lowest BCUT2D eigenvalue weighted by molar-refractivity contribution is 0.0485. The lowest BCUT2D eigenvalue weighted by Crippen LogP contribution is -2.37. The standard InChI is InChI=1S/C25H30N2O3/c1-17-7-12-22-18(2)24(30-23(22)14-17)25(28)27(16-21-6-5-13-29-21)15-19-8-10-20(11-9-19)26(3)4/h7-12,14,21H,5-6,13,15-16H2,1-4H3/t21-/m1/s1. The maximum absolute atomic E-state index is 13.6. The molecule has 1 saturated heterocycles. The predicted molar refractivity (Wildman–Crippen MR) is 120 cm³/mol. The predicted octanol–water partition coefficient (Wildman–Crippen LogP) is 4.94. The van der Waals surface area contributed by atoms with E-state index in [1.54, 1.807) is 0 Å². The van der Waals surface area contributed by atoms with Crippen molar-refractivity contribution in [3.8, 4) is 0 Å². The van der Waals surface area contributed by atoms with Gasteiger partial charge in [0.15, 0.2) is 5.76 Å². The minimum Gasteiger partial charge on any atom is -0.451 e. The molecule has 3 aromatic rings. The maximum Gasteiger partial charge on any atom is 0.290 e. The summed E-state index contributed by atoms with van der Waals surface area (Å²) >= 11 is 0. The fraction of sp³-hybridized carbons (Fsp3) is 0.400. The number of carbonyl (C=O) groups is 1. The summed E-state index contributed by atoms with van der Waals surface area (Å²) < 4.78 is 11.9. The van der Waals surface area contributed by atoms with E-state index in [2.05, 4.69) is 35.2 Å². The molecule has 2 heterocycles. The Balaban J connectivity index is 1.63. The summed E-state index contributed by atoms with van der Waals surface area (Å²) in [7, 11) is 4.04. The van der Waals surface area contributed by atoms with Gasteiger partial charge in [-0.3, -0.25) is 4.79 Å². The van der Waals surface area contributed by atoms with E-state index in [1.165, 1.54) is 0 Å². The molecule has 1 aliphatic heterocycles. The van der Waals surface area contributed by atoms with Crippen LogP contribution in [0.2, 0.25) is 0 Å². The number of benzene rings is 2. The van der Waals surface area contributed by atoms with Crippen LogP contribution in [-0.4, -0.2) is 44.2 Å². The van der Waals surface area contributed by atoms with Crippen LogP contribution in [0.4, 0.5) is 5.69 Å². The van der Waals surface area contributed by atoms with Gasteiger partial charge in [-0.05, 0) is 56.0 Å². The second-order valence-electron chi connectivity index (χ2n) is 8.44. The van der Waals surface area contributed by atoms with Crippen LogP contribution < -0.4 is 4.90 Å². The lowest BCUT2D eigenvalue weighted by atomic mass is 10.1. The van der Waals surface area contributed by atoms with Crippen molar-refractivity contribution in [1.82, 2.24) is 4.90 Å². The zero-order valence-electron chi connectivity index (χ0n) is 18.3. The highest BCUT2D eigenvalue weighted by atomic mass is 16.5. The highest BCUT2D eigenvalue weighted by Gasteiger charge is 2.27. The third-order valence-electron chi connectivity index (χ3n) is 5.85. The summed E-state index contributed by atoms with van der Waals surface area (Å²) in [5.74, 6) is 0.354. The summed E-state index contributed by atoms with van der Waals surface area (Å²) in [5.41, 5.74) is 5.02. The molecule has 30 heavy (non-hydrogen) atoms. The molecule has 2 aromatic carbocycles. The molecule has 0 spiro atoms. The quantitative estimate of drug-likeness (QED) is 0.582. The van der Waals surface area contributed by atoms with Crippen LogP contribution in [0.25, 0.3) is 11.0 Å². The van der Waals surface area contributed by atoms with Crippen LogP contribution in [0, 0.1) is 13.8 Å². The number of furan rings is 1. The zero-order chi connectivity index (χ0) is 21.3. The van der Waals surface area contributed by atoms with E-state index in [0.717, 1.165) is 52.8 Å². The number of fused-ring (bicyclic) bond motifs is 1. The Morgan fingerprint density at radius 1 is 1.10 bits per heavy atom. The summed E-state index contributed by atoms with van der Waals surface area (Å²) in [5, 5.41) is 0.997. The Kier molecular flexibility index (Phi) is 5.82. The van der Waals surface area contributed by atoms with Crippen molar-refractivity contribution >= 4 is 22.6 Å². The van der Waals surface area contributed by atoms with Crippen molar-refractivity contribution in [3.05, 3.63) is 64.9 Å². The molecule has 0 aliphatic carbocycles. The number of ether oxygens (including phenoxy) is 1. The largest absolute Gasteiger partial charge is 0.451 e. The minimum absolute atomic E-state index is 0.0754. The molecule has 1 fully saturated rings. The van der Waals surface area contributed by atoms with E-state index < -0.39 is 0 Å². The molecule has 0 saturated carbocycles. The van der Waals surface area contributed by atoms with Gasteiger partial charge in [-0.25, -0.2) is 0 Å². The first-order valence-electron chi connectivity index (χ1n) is 10.6. The molecule has 158 valence electrons. The van der Waals surface area contributed by atoms with Gasteiger partial charge in [0.2, 0.25) is 0 Å². The van der Waals surface area contributed by atoms with Crippen molar-refractivity contribution in [1.29, 1.82) is 0 Å². The number of hydrogen-bond donors (Lipinski definition) is 0. The average Bonchev–Trinajstić information content (AvgIpc) is 3.35. The van der Waals surface area contributed by atoms with E-state index in [0.29, 0.717) is 18.8 Å². The van der Waals surface area contributed by atoms with Crippen LogP contribution in [0.3, 0.4) is 0 Å². The van der Waals surface area contributed by atoms with E-state index >= 15 is 0 Å². The number of aryl methyl sites for hydroxylation is 2. The third-order valence-corrected chi connectivity index (χ3v) is 5.85. The van der Waals surface area contributed by atoms with Gasteiger partial charge in [0.25, 0.3) is 5.91 Å². The van der Waals surface area contributed by atoms with Gasteiger partial charge in [-0.15, -0.1) is 0 Å². The van der Waals surface area contributed by atoms with Gasteiger partial charge in [0, 0.05) is 50.4 Å². The van der Waals surface area contributed by atoms with Crippen LogP contribution in [0.15, 0.2) is 46.9 Å². The Morgan fingerprint density at radius 2 is 1.87 bits per heavy atom. The van der Waals surface area contributed by atoms with Crippen molar-refractivity contribution in [2.75, 3.05) is 32.1 Å². The fourth-order valence-electron chi connectivity index (χ4n) is 4.05. The van der Waals surface area contributed by atoms with E-state index in [4.69, 9.17) is 9.15 Å². The van der Waals surface area contributed by atoms with E-state index in [9.17, 15) is 4.79 Å². The van der Waals surface area contributed by atoms with E-state index in [1.807, 2.05) is 45.0 Å². The van der Waals surface area contributed by atoms with Gasteiger partial charge >= 0.3 is 0 Å². The fourth-order valence-corrected chi connectivity index (χ4v) is 4.05. The van der Waals surface area contributed by atoms with Crippen LogP contribution in [-0.2, 0) is 11.3 Å². The highest BCUT2D eigenvalue weighted by Crippen LogP contribution is 2.28. The number of anilines is 1. The topological polar surface area (TPSA) is 45.9 Å². The van der Waals surface area contributed by atoms with Crippen molar-refractivity contribution in [2.24, 2.45) is 0 Å². The molecule has 5 heteroatoms. The molecular weight excluding hydrogens is 376 g/mol. The molecule has 1 aromatic heterocycles. The molecule has 0 unspecified atom stereocenters.